The van der Waals surface area contributed by atoms with E-state index in [-0.39, 0.29) is 17.9 Å². The SMILES string of the molecule is O=C1CCCN1Cc1cccc(C(=O)N2CCC[C@H]2c2nc3ccccc3s2)c1. The smallest absolute Gasteiger partial charge is 0.254 e. The molecule has 0 N–H and O–H groups in total. The van der Waals surface area contributed by atoms with Crippen molar-refractivity contribution < 1.29 is 9.59 Å². The van der Waals surface area contributed by atoms with Gasteiger partial charge in [-0.25, -0.2) is 4.98 Å². The first kappa shape index (κ1) is 18.3. The number of hydrogen-bond acceptors (Lipinski definition) is 4. The summed E-state index contributed by atoms with van der Waals surface area (Å²) in [6.45, 7) is 2.15. The van der Waals surface area contributed by atoms with E-state index >= 15 is 0 Å². The summed E-state index contributed by atoms with van der Waals surface area (Å²) in [7, 11) is 0. The number of para-hydroxylation sites is 1. The van der Waals surface area contributed by atoms with Crippen LogP contribution in [0.4, 0.5) is 0 Å². The fourth-order valence-electron chi connectivity index (χ4n) is 4.36. The molecule has 2 saturated heterocycles. The number of rotatable bonds is 4. The van der Waals surface area contributed by atoms with E-state index < -0.39 is 0 Å². The Bertz CT molecular complexity index is 1040. The summed E-state index contributed by atoms with van der Waals surface area (Å²) >= 11 is 1.69. The Morgan fingerprint density at radius 3 is 2.83 bits per heavy atom. The Balaban J connectivity index is 1.37. The highest BCUT2D eigenvalue weighted by molar-refractivity contribution is 7.18. The van der Waals surface area contributed by atoms with Crippen LogP contribution in [0.3, 0.4) is 0 Å². The molecular formula is C23H23N3O2S. The maximum atomic E-state index is 13.3. The molecule has 1 aromatic heterocycles. The highest BCUT2D eigenvalue weighted by Crippen LogP contribution is 2.37. The lowest BCUT2D eigenvalue weighted by Crippen LogP contribution is -2.30. The van der Waals surface area contributed by atoms with Gasteiger partial charge < -0.3 is 9.80 Å². The standard InChI is InChI=1S/C23H23N3O2S/c27-21-11-5-12-25(21)15-16-6-3-7-17(14-16)23(28)26-13-4-9-19(26)22-24-18-8-1-2-10-20(18)29-22/h1-3,6-8,10,14,19H,4-5,9,11-13,15H2/t19-/m0/s1. The zero-order valence-electron chi connectivity index (χ0n) is 16.2. The molecule has 1 atom stereocenters. The molecule has 0 saturated carbocycles. The Morgan fingerprint density at radius 1 is 1.10 bits per heavy atom. The first-order valence-electron chi connectivity index (χ1n) is 10.2. The second-order valence-corrected chi connectivity index (χ2v) is 8.86. The second kappa shape index (κ2) is 7.59. The van der Waals surface area contributed by atoms with Crippen LogP contribution in [0, 0.1) is 0 Å². The maximum absolute atomic E-state index is 13.3. The number of carbonyl (C=O) groups is 2. The predicted molar refractivity (Wildman–Crippen MR) is 114 cm³/mol. The van der Waals surface area contributed by atoms with Gasteiger partial charge in [0, 0.05) is 31.6 Å². The zero-order chi connectivity index (χ0) is 19.8. The van der Waals surface area contributed by atoms with Gasteiger partial charge in [0.05, 0.1) is 16.3 Å². The van der Waals surface area contributed by atoms with Gasteiger partial charge in [0.25, 0.3) is 5.91 Å². The quantitative estimate of drug-likeness (QED) is 0.647. The van der Waals surface area contributed by atoms with Crippen LogP contribution in [0.25, 0.3) is 10.2 Å². The summed E-state index contributed by atoms with van der Waals surface area (Å²) in [4.78, 5) is 33.9. The minimum atomic E-state index is 0.0451. The lowest BCUT2D eigenvalue weighted by Gasteiger charge is -2.23. The number of likely N-dealkylation sites (tertiary alicyclic amines) is 2. The van der Waals surface area contributed by atoms with E-state index in [4.69, 9.17) is 4.98 Å². The third-order valence-corrected chi connectivity index (χ3v) is 6.97. The largest absolute Gasteiger partial charge is 0.338 e. The maximum Gasteiger partial charge on any atom is 0.254 e. The van der Waals surface area contributed by atoms with E-state index in [0.717, 1.165) is 48.4 Å². The van der Waals surface area contributed by atoms with E-state index in [1.165, 1.54) is 4.70 Å². The zero-order valence-corrected chi connectivity index (χ0v) is 17.0. The fraction of sp³-hybridized carbons (Fsp3) is 0.348. The monoisotopic (exact) mass is 405 g/mol. The van der Waals surface area contributed by atoms with Gasteiger partial charge >= 0.3 is 0 Å². The Morgan fingerprint density at radius 2 is 2.00 bits per heavy atom. The van der Waals surface area contributed by atoms with Crippen LogP contribution >= 0.6 is 11.3 Å². The molecule has 3 heterocycles. The van der Waals surface area contributed by atoms with Gasteiger partial charge in [-0.1, -0.05) is 24.3 Å². The first-order chi connectivity index (χ1) is 14.2. The predicted octanol–water partition coefficient (Wildman–Crippen LogP) is 4.40. The van der Waals surface area contributed by atoms with Crippen molar-refractivity contribution in [2.24, 2.45) is 0 Å². The second-order valence-electron chi connectivity index (χ2n) is 7.80. The molecule has 148 valence electrons. The highest BCUT2D eigenvalue weighted by atomic mass is 32.1. The first-order valence-corrected chi connectivity index (χ1v) is 11.0. The Hall–Kier alpha value is -2.73. The van der Waals surface area contributed by atoms with E-state index in [1.54, 1.807) is 11.3 Å². The van der Waals surface area contributed by atoms with E-state index in [9.17, 15) is 9.59 Å². The molecule has 2 aliphatic heterocycles. The molecule has 0 bridgehead atoms. The van der Waals surface area contributed by atoms with Crippen molar-refractivity contribution in [2.45, 2.75) is 38.3 Å². The molecule has 0 aliphatic carbocycles. The van der Waals surface area contributed by atoms with Crippen molar-refractivity contribution >= 4 is 33.4 Å². The van der Waals surface area contributed by atoms with Crippen LogP contribution in [0.2, 0.25) is 0 Å². The molecule has 2 aromatic carbocycles. The topological polar surface area (TPSA) is 53.5 Å². The number of nitrogens with zero attached hydrogens (tertiary/aromatic N) is 3. The molecule has 0 spiro atoms. The van der Waals surface area contributed by atoms with E-state index in [0.29, 0.717) is 18.5 Å². The van der Waals surface area contributed by atoms with Crippen LogP contribution in [0.15, 0.2) is 48.5 Å². The number of benzene rings is 2. The van der Waals surface area contributed by atoms with Crippen LogP contribution in [-0.4, -0.2) is 39.7 Å². The molecule has 2 amide bonds. The molecule has 5 rings (SSSR count). The van der Waals surface area contributed by atoms with Gasteiger partial charge in [-0.15, -0.1) is 11.3 Å². The summed E-state index contributed by atoms with van der Waals surface area (Å²) in [5, 5.41) is 1.02. The molecule has 0 unspecified atom stereocenters. The number of hydrogen-bond donors (Lipinski definition) is 0. The fourth-order valence-corrected chi connectivity index (χ4v) is 5.47. The summed E-state index contributed by atoms with van der Waals surface area (Å²) in [6.07, 6.45) is 3.51. The third-order valence-electron chi connectivity index (χ3n) is 5.83. The number of carbonyl (C=O) groups excluding carboxylic acids is 2. The van der Waals surface area contributed by atoms with Crippen molar-refractivity contribution in [1.82, 2.24) is 14.8 Å². The van der Waals surface area contributed by atoms with Crippen molar-refractivity contribution in [2.75, 3.05) is 13.1 Å². The van der Waals surface area contributed by atoms with Gasteiger partial charge in [-0.05, 0) is 49.1 Å². The van der Waals surface area contributed by atoms with Gasteiger partial charge in [0.15, 0.2) is 0 Å². The highest BCUT2D eigenvalue weighted by Gasteiger charge is 2.33. The van der Waals surface area contributed by atoms with Gasteiger partial charge in [-0.2, -0.15) is 0 Å². The molecule has 29 heavy (non-hydrogen) atoms. The van der Waals surface area contributed by atoms with Crippen molar-refractivity contribution in [3.05, 3.63) is 64.7 Å². The van der Waals surface area contributed by atoms with Crippen LogP contribution < -0.4 is 0 Å². The Kier molecular flexibility index (Phi) is 4.79. The van der Waals surface area contributed by atoms with Crippen LogP contribution in [0.1, 0.15) is 52.7 Å². The normalized spacial score (nSPS) is 19.4. The summed E-state index contributed by atoms with van der Waals surface area (Å²) in [6, 6.07) is 15.9. The van der Waals surface area contributed by atoms with E-state index in [2.05, 4.69) is 6.07 Å². The molecule has 6 heteroatoms. The molecule has 0 radical (unpaired) electrons. The number of amides is 2. The number of aromatic nitrogens is 1. The van der Waals surface area contributed by atoms with Crippen molar-refractivity contribution in [1.29, 1.82) is 0 Å². The minimum absolute atomic E-state index is 0.0451. The van der Waals surface area contributed by atoms with Gasteiger partial charge in [0.1, 0.15) is 5.01 Å². The van der Waals surface area contributed by atoms with Crippen molar-refractivity contribution in [3.63, 3.8) is 0 Å². The van der Waals surface area contributed by atoms with Crippen LogP contribution in [0.5, 0.6) is 0 Å². The summed E-state index contributed by atoms with van der Waals surface area (Å²) < 4.78 is 1.17. The average Bonchev–Trinajstić information content (AvgIpc) is 3.47. The summed E-state index contributed by atoms with van der Waals surface area (Å²) in [5.74, 6) is 0.263. The van der Waals surface area contributed by atoms with E-state index in [1.807, 2.05) is 52.3 Å². The number of thiazole rings is 1. The van der Waals surface area contributed by atoms with Crippen molar-refractivity contribution in [3.8, 4) is 0 Å². The minimum Gasteiger partial charge on any atom is -0.338 e. The molecule has 3 aromatic rings. The number of fused-ring (bicyclic) bond motifs is 1. The molecule has 5 nitrogen and oxygen atoms in total. The summed E-state index contributed by atoms with van der Waals surface area (Å²) in [5.41, 5.74) is 2.72. The molecule has 2 aliphatic rings. The van der Waals surface area contributed by atoms with Gasteiger partial charge in [-0.3, -0.25) is 9.59 Å². The Labute approximate surface area is 174 Å². The average molecular weight is 406 g/mol. The van der Waals surface area contributed by atoms with Gasteiger partial charge in [0.2, 0.25) is 5.91 Å². The lowest BCUT2D eigenvalue weighted by atomic mass is 10.1. The molecule has 2 fully saturated rings. The lowest BCUT2D eigenvalue weighted by molar-refractivity contribution is -0.128. The third kappa shape index (κ3) is 3.53. The molecular weight excluding hydrogens is 382 g/mol. The van der Waals surface area contributed by atoms with Crippen LogP contribution in [-0.2, 0) is 11.3 Å².